The maximum Gasteiger partial charge on any atom is 0.232 e. The van der Waals surface area contributed by atoms with Crippen molar-refractivity contribution in [2.75, 3.05) is 0 Å². The van der Waals surface area contributed by atoms with E-state index in [1.807, 2.05) is 6.08 Å². The number of allylic oxidation sites excluding steroid dienone is 3. The minimum absolute atomic E-state index is 0. The Morgan fingerprint density at radius 3 is 1.23 bits per heavy atom. The molecule has 0 fully saturated rings. The molecule has 0 saturated carbocycles. The van der Waals surface area contributed by atoms with E-state index in [0.717, 1.165) is 11.4 Å². The summed E-state index contributed by atoms with van der Waals surface area (Å²) in [7, 11) is 0. The van der Waals surface area contributed by atoms with Crippen LogP contribution in [0.3, 0.4) is 0 Å². The Morgan fingerprint density at radius 1 is 0.641 bits per heavy atom. The van der Waals surface area contributed by atoms with Crippen molar-refractivity contribution >= 4 is 0 Å². The van der Waals surface area contributed by atoms with Crippen LogP contribution in [0.4, 0.5) is 0 Å². The van der Waals surface area contributed by atoms with Crippen molar-refractivity contribution in [3.8, 4) is 0 Å². The molecule has 0 saturated heterocycles. The SMILES string of the molecule is CC(C)(C)c1nnc(C(C)(C)C)o1.CC(C)(C)c1noc(C(C)(C)C)n1.[CH-]=C(C=[C-]C(C)(C)C)C(C)(C)C.[Y]. The molecule has 0 aliphatic rings. The molecule has 0 amide bonds. The smallest absolute Gasteiger partial charge is 0.232 e. The van der Waals surface area contributed by atoms with E-state index in [1.54, 1.807) is 0 Å². The Labute approximate surface area is 265 Å². The topological polar surface area (TPSA) is 77.8 Å². The molecule has 2 heterocycles. The molecule has 0 aromatic carbocycles. The second-order valence-corrected chi connectivity index (χ2v) is 16.1. The maximum absolute atomic E-state index is 5.86. The zero-order valence-corrected chi connectivity index (χ0v) is 31.2. The third-order valence-electron chi connectivity index (χ3n) is 4.97. The van der Waals surface area contributed by atoms with Crippen molar-refractivity contribution in [1.82, 2.24) is 20.3 Å². The summed E-state index contributed by atoms with van der Waals surface area (Å²) in [5, 5.41) is 12.0. The molecule has 2 aromatic rings. The van der Waals surface area contributed by atoms with Gasteiger partial charge in [-0.15, -0.1) is 21.0 Å². The van der Waals surface area contributed by atoms with Crippen molar-refractivity contribution in [1.29, 1.82) is 0 Å². The fourth-order valence-electron chi connectivity index (χ4n) is 2.17. The molecule has 2 rings (SSSR count). The zero-order valence-electron chi connectivity index (χ0n) is 28.3. The molecule has 7 heteroatoms. The van der Waals surface area contributed by atoms with Gasteiger partial charge in [0, 0.05) is 54.4 Å². The first kappa shape index (κ1) is 40.0. The van der Waals surface area contributed by atoms with Gasteiger partial charge in [0.15, 0.2) is 5.82 Å². The number of aromatic nitrogens is 4. The molecular formula is C32H56N4O2Y-2. The van der Waals surface area contributed by atoms with Crippen LogP contribution >= 0.6 is 0 Å². The van der Waals surface area contributed by atoms with E-state index in [2.05, 4.69) is 151 Å². The van der Waals surface area contributed by atoms with E-state index < -0.39 is 0 Å². The van der Waals surface area contributed by atoms with Crippen LogP contribution in [0.2, 0.25) is 0 Å². The minimum Gasteiger partial charge on any atom is -0.424 e. The van der Waals surface area contributed by atoms with Gasteiger partial charge in [0.25, 0.3) is 0 Å². The van der Waals surface area contributed by atoms with Gasteiger partial charge in [-0.1, -0.05) is 130 Å². The van der Waals surface area contributed by atoms with Crippen LogP contribution in [0.25, 0.3) is 0 Å². The molecule has 1 radical (unpaired) electrons. The predicted octanol–water partition coefficient (Wildman–Crippen LogP) is 9.12. The molecule has 0 aliphatic heterocycles. The third kappa shape index (κ3) is 16.0. The van der Waals surface area contributed by atoms with Crippen molar-refractivity contribution in [3.63, 3.8) is 0 Å². The van der Waals surface area contributed by atoms with Crippen LogP contribution in [0.15, 0.2) is 20.6 Å². The molecular weight excluding hydrogens is 561 g/mol. The largest absolute Gasteiger partial charge is 0.424 e. The summed E-state index contributed by atoms with van der Waals surface area (Å²) < 4.78 is 10.8. The summed E-state index contributed by atoms with van der Waals surface area (Å²) in [6.45, 7) is 43.3. The quantitative estimate of drug-likeness (QED) is 0.235. The molecule has 0 aliphatic carbocycles. The Bertz CT molecular complexity index is 917. The van der Waals surface area contributed by atoms with Gasteiger partial charge >= 0.3 is 0 Å². The Kier molecular flexibility index (Phi) is 14.5. The number of hydrogen-bond donors (Lipinski definition) is 0. The van der Waals surface area contributed by atoms with E-state index in [-0.39, 0.29) is 65.2 Å². The monoisotopic (exact) mass is 617 g/mol. The van der Waals surface area contributed by atoms with Gasteiger partial charge in [-0.3, -0.25) is 0 Å². The van der Waals surface area contributed by atoms with Crippen LogP contribution in [-0.4, -0.2) is 20.3 Å². The Balaban J connectivity index is 0. The third-order valence-corrected chi connectivity index (χ3v) is 4.97. The summed E-state index contributed by atoms with van der Waals surface area (Å²) in [6.07, 6.45) is 5.14. The predicted molar refractivity (Wildman–Crippen MR) is 158 cm³/mol. The van der Waals surface area contributed by atoms with Gasteiger partial charge in [0.05, 0.1) is 0 Å². The summed E-state index contributed by atoms with van der Waals surface area (Å²) in [5.41, 5.74) is 0.822. The molecule has 39 heavy (non-hydrogen) atoms. The molecule has 0 spiro atoms. The van der Waals surface area contributed by atoms with Gasteiger partial charge < -0.3 is 33.2 Å². The summed E-state index contributed by atoms with van der Waals surface area (Å²) >= 11 is 0. The van der Waals surface area contributed by atoms with Gasteiger partial charge in [0.2, 0.25) is 17.7 Å². The fraction of sp³-hybridized carbons (Fsp3) is 0.750. The van der Waals surface area contributed by atoms with E-state index in [1.165, 1.54) is 0 Å². The zero-order chi connectivity index (χ0) is 30.5. The van der Waals surface area contributed by atoms with Gasteiger partial charge in [-0.2, -0.15) is 4.98 Å². The molecule has 6 nitrogen and oxygen atoms in total. The molecule has 0 atom stereocenters. The van der Waals surface area contributed by atoms with Crippen molar-refractivity contribution in [3.05, 3.63) is 47.8 Å². The summed E-state index contributed by atoms with van der Waals surface area (Å²) in [4.78, 5) is 4.38. The van der Waals surface area contributed by atoms with E-state index in [9.17, 15) is 0 Å². The second-order valence-electron chi connectivity index (χ2n) is 16.1. The fourth-order valence-corrected chi connectivity index (χ4v) is 2.17. The summed E-state index contributed by atoms with van der Waals surface area (Å²) in [6, 6.07) is 0. The molecule has 0 N–H and O–H groups in total. The van der Waals surface area contributed by atoms with E-state index in [0.29, 0.717) is 17.7 Å². The first-order valence-corrected chi connectivity index (χ1v) is 13.5. The van der Waals surface area contributed by atoms with Crippen LogP contribution < -0.4 is 0 Å². The second kappa shape index (κ2) is 14.2. The first-order chi connectivity index (χ1) is 16.5. The van der Waals surface area contributed by atoms with E-state index in [4.69, 9.17) is 15.5 Å². The first-order valence-electron chi connectivity index (χ1n) is 13.5. The number of nitrogens with zero attached hydrogens (tertiary/aromatic N) is 4. The van der Waals surface area contributed by atoms with Crippen molar-refractivity contribution < 1.29 is 41.6 Å². The number of rotatable bonds is 1. The number of hydrogen-bond acceptors (Lipinski definition) is 6. The summed E-state index contributed by atoms with van der Waals surface area (Å²) in [5.74, 6) is 2.89. The molecule has 0 unspecified atom stereocenters. The van der Waals surface area contributed by atoms with Crippen LogP contribution in [-0.2, 0) is 54.4 Å². The Hall–Kier alpha value is -1.14. The van der Waals surface area contributed by atoms with Gasteiger partial charge in [-0.05, 0) is 0 Å². The molecule has 0 bridgehead atoms. The van der Waals surface area contributed by atoms with Gasteiger partial charge in [0.1, 0.15) is 0 Å². The van der Waals surface area contributed by atoms with Crippen LogP contribution in [0, 0.1) is 23.5 Å². The Morgan fingerprint density at radius 2 is 1.03 bits per heavy atom. The van der Waals surface area contributed by atoms with Crippen molar-refractivity contribution in [2.24, 2.45) is 10.8 Å². The van der Waals surface area contributed by atoms with Crippen LogP contribution in [0.5, 0.6) is 0 Å². The molecule has 221 valence electrons. The average Bonchev–Trinajstić information content (AvgIpc) is 3.33. The molecule has 2 aromatic heterocycles. The van der Waals surface area contributed by atoms with Crippen molar-refractivity contribution in [2.45, 2.75) is 146 Å². The normalized spacial score (nSPS) is 13.2. The van der Waals surface area contributed by atoms with Gasteiger partial charge in [-0.25, -0.2) is 0 Å². The standard InChI is InChI=1S/C12H20.2C10H18N2O.Y/c1-10(12(5,6)7)8-9-11(2,3)4;1-9(2,3)7-11-12-8(13-7)10(4,5)6;1-9(2,3)7-11-8(13-12-7)10(4,5)6;/h1,8H,2-7H3;2*1-6H3;/q-2;;;. The minimum atomic E-state index is -0.0590. The average molecular weight is 618 g/mol. The van der Waals surface area contributed by atoms with Crippen LogP contribution in [0.1, 0.15) is 148 Å². The van der Waals surface area contributed by atoms with E-state index >= 15 is 0 Å². The maximum atomic E-state index is 5.86.